The molecule has 0 radical (unpaired) electrons. The number of nitrogens with zero attached hydrogens (tertiary/aromatic N) is 4. The number of amides is 1. The number of nitrogens with one attached hydrogen (secondary N) is 1. The lowest BCUT2D eigenvalue weighted by atomic mass is 10.1. The highest BCUT2D eigenvalue weighted by molar-refractivity contribution is 5.99. The lowest BCUT2D eigenvalue weighted by Crippen LogP contribution is -2.34. The molecule has 0 spiro atoms. The lowest BCUT2D eigenvalue weighted by molar-refractivity contribution is 0.0930. The first-order valence-corrected chi connectivity index (χ1v) is 11.7. The Hall–Kier alpha value is -2.73. The van der Waals surface area contributed by atoms with Crippen LogP contribution < -0.4 is 5.32 Å². The number of pyridine rings is 2. The van der Waals surface area contributed by atoms with Crippen molar-refractivity contribution in [3.63, 3.8) is 0 Å². The number of fused-ring (bicyclic) bond motifs is 1. The maximum absolute atomic E-state index is 13.2. The van der Waals surface area contributed by atoms with Gasteiger partial charge in [-0.3, -0.25) is 14.7 Å². The molecule has 5 rings (SSSR count). The molecule has 0 bridgehead atoms. The van der Waals surface area contributed by atoms with Gasteiger partial charge in [-0.05, 0) is 56.5 Å². The first-order valence-electron chi connectivity index (χ1n) is 11.7. The van der Waals surface area contributed by atoms with Gasteiger partial charge in [0.25, 0.3) is 5.91 Å². The average Bonchev–Trinajstić information content (AvgIpc) is 3.31. The smallest absolute Gasteiger partial charge is 0.272 e. The molecule has 2 aliphatic rings. The van der Waals surface area contributed by atoms with E-state index in [-0.39, 0.29) is 18.0 Å². The van der Waals surface area contributed by atoms with Crippen LogP contribution in [0, 0.1) is 0 Å². The van der Waals surface area contributed by atoms with E-state index in [1.807, 2.05) is 42.7 Å². The highest BCUT2D eigenvalue weighted by atomic mass is 16.2. The summed E-state index contributed by atoms with van der Waals surface area (Å²) in [5.74, 6) is 0.936. The Morgan fingerprint density at radius 3 is 2.65 bits per heavy atom. The Morgan fingerprint density at radius 2 is 1.84 bits per heavy atom. The average molecular weight is 418 g/mol. The summed E-state index contributed by atoms with van der Waals surface area (Å²) in [6.45, 7) is 1.82. The van der Waals surface area contributed by atoms with Crippen molar-refractivity contribution >= 4 is 11.4 Å². The molecular weight excluding hydrogens is 386 g/mol. The zero-order valence-electron chi connectivity index (χ0n) is 18.0. The van der Waals surface area contributed by atoms with Gasteiger partial charge < -0.3 is 9.72 Å². The van der Waals surface area contributed by atoms with Crippen LogP contribution in [0.1, 0.15) is 79.4 Å². The largest absolute Gasteiger partial charge is 0.348 e. The van der Waals surface area contributed by atoms with Crippen LogP contribution >= 0.6 is 0 Å². The van der Waals surface area contributed by atoms with Crippen LogP contribution in [0.3, 0.4) is 0 Å². The molecule has 1 aliphatic heterocycles. The molecule has 0 unspecified atom stereocenters. The Balaban J connectivity index is 1.42. The zero-order chi connectivity index (χ0) is 21.0. The van der Waals surface area contributed by atoms with Gasteiger partial charge in [0.1, 0.15) is 5.82 Å². The van der Waals surface area contributed by atoms with Crippen LogP contribution in [0.5, 0.6) is 0 Å². The van der Waals surface area contributed by atoms with E-state index in [1.165, 1.54) is 25.7 Å². The van der Waals surface area contributed by atoms with Crippen molar-refractivity contribution in [1.82, 2.24) is 24.6 Å². The summed E-state index contributed by atoms with van der Waals surface area (Å²) in [7, 11) is 0. The fourth-order valence-electron chi connectivity index (χ4n) is 5.15. The van der Waals surface area contributed by atoms with Crippen LogP contribution in [0.2, 0.25) is 0 Å². The van der Waals surface area contributed by atoms with Crippen molar-refractivity contribution in [2.45, 2.75) is 70.0 Å². The minimum atomic E-state index is -0.0314. The molecule has 1 atom stereocenters. The van der Waals surface area contributed by atoms with E-state index in [1.54, 1.807) is 0 Å². The van der Waals surface area contributed by atoms with Crippen molar-refractivity contribution in [2.24, 2.45) is 0 Å². The third-order valence-corrected chi connectivity index (χ3v) is 6.73. The third kappa shape index (κ3) is 4.35. The first kappa shape index (κ1) is 20.2. The van der Waals surface area contributed by atoms with Gasteiger partial charge in [0.15, 0.2) is 5.69 Å². The zero-order valence-corrected chi connectivity index (χ0v) is 18.0. The quantitative estimate of drug-likeness (QED) is 0.620. The fraction of sp³-hybridized carbons (Fsp3) is 0.480. The van der Waals surface area contributed by atoms with Gasteiger partial charge in [-0.25, -0.2) is 4.98 Å². The van der Waals surface area contributed by atoms with Crippen molar-refractivity contribution in [1.29, 1.82) is 0 Å². The summed E-state index contributed by atoms with van der Waals surface area (Å²) < 4.78 is 2.11. The maximum atomic E-state index is 13.2. The van der Waals surface area contributed by atoms with E-state index >= 15 is 0 Å². The number of hydrogen-bond donors (Lipinski definition) is 1. The Kier molecular flexibility index (Phi) is 5.98. The molecule has 1 aliphatic carbocycles. The number of rotatable bonds is 5. The molecule has 162 valence electrons. The summed E-state index contributed by atoms with van der Waals surface area (Å²) in [6, 6.07) is 12.5. The van der Waals surface area contributed by atoms with Crippen LogP contribution in [0.4, 0.5) is 0 Å². The highest BCUT2D eigenvalue weighted by Gasteiger charge is 2.31. The third-order valence-electron chi connectivity index (χ3n) is 6.73. The second kappa shape index (κ2) is 9.18. The van der Waals surface area contributed by atoms with Gasteiger partial charge in [-0.2, -0.15) is 0 Å². The van der Waals surface area contributed by atoms with E-state index in [0.29, 0.717) is 5.69 Å². The number of aromatic nitrogens is 3. The predicted molar refractivity (Wildman–Crippen MR) is 121 cm³/mol. The summed E-state index contributed by atoms with van der Waals surface area (Å²) in [5, 5.41) is 3.28. The van der Waals surface area contributed by atoms with E-state index in [0.717, 1.165) is 55.8 Å². The second-order valence-corrected chi connectivity index (χ2v) is 8.89. The van der Waals surface area contributed by atoms with Gasteiger partial charge in [0.2, 0.25) is 0 Å². The van der Waals surface area contributed by atoms with Crippen molar-refractivity contribution in [2.75, 3.05) is 6.54 Å². The minimum Gasteiger partial charge on any atom is -0.348 e. The summed E-state index contributed by atoms with van der Waals surface area (Å²) >= 11 is 0. The monoisotopic (exact) mass is 417 g/mol. The van der Waals surface area contributed by atoms with Crippen LogP contribution in [-0.4, -0.2) is 37.8 Å². The molecule has 4 heterocycles. The predicted octanol–water partition coefficient (Wildman–Crippen LogP) is 4.52. The van der Waals surface area contributed by atoms with Gasteiger partial charge >= 0.3 is 0 Å². The molecule has 1 saturated carbocycles. The Morgan fingerprint density at radius 1 is 1.00 bits per heavy atom. The van der Waals surface area contributed by atoms with Crippen molar-refractivity contribution in [3.8, 4) is 0 Å². The maximum Gasteiger partial charge on any atom is 0.272 e. The fourth-order valence-corrected chi connectivity index (χ4v) is 5.15. The molecule has 6 heteroatoms. The summed E-state index contributed by atoms with van der Waals surface area (Å²) in [5.41, 5.74) is 2.53. The first-order chi connectivity index (χ1) is 15.3. The lowest BCUT2D eigenvalue weighted by Gasteiger charge is -2.23. The van der Waals surface area contributed by atoms with Gasteiger partial charge in [-0.1, -0.05) is 37.8 Å². The number of likely N-dealkylation sites (tertiary alicyclic amines) is 1. The van der Waals surface area contributed by atoms with Crippen LogP contribution in [-0.2, 0) is 6.54 Å². The SMILES string of the molecule is O=C(NC1CCCCCC1)c1nc([C@H]2CCCN2Cc2ccccn2)n2ccccc12. The molecule has 1 N–H and O–H groups in total. The number of imidazole rings is 1. The van der Waals surface area contributed by atoms with Crippen LogP contribution in [0.25, 0.3) is 5.52 Å². The van der Waals surface area contributed by atoms with E-state index in [4.69, 9.17) is 4.98 Å². The number of carbonyl (C=O) groups is 1. The molecule has 6 nitrogen and oxygen atoms in total. The summed E-state index contributed by atoms with van der Waals surface area (Å²) in [4.78, 5) is 25.1. The molecule has 1 amide bonds. The van der Waals surface area contributed by atoms with Gasteiger partial charge in [0.05, 0.1) is 17.3 Å². The summed E-state index contributed by atoms with van der Waals surface area (Å²) in [6.07, 6.45) is 13.2. The molecule has 3 aromatic heterocycles. The van der Waals surface area contributed by atoms with E-state index < -0.39 is 0 Å². The molecule has 2 fully saturated rings. The normalized spacial score (nSPS) is 20.7. The topological polar surface area (TPSA) is 62.5 Å². The van der Waals surface area contributed by atoms with Crippen molar-refractivity contribution in [3.05, 3.63) is 66.0 Å². The molecular formula is C25H31N5O. The second-order valence-electron chi connectivity index (χ2n) is 8.89. The number of hydrogen-bond acceptors (Lipinski definition) is 4. The van der Waals surface area contributed by atoms with Gasteiger partial charge in [-0.15, -0.1) is 0 Å². The molecule has 1 saturated heterocycles. The Labute approximate surface area is 183 Å². The highest BCUT2D eigenvalue weighted by Crippen LogP contribution is 2.33. The van der Waals surface area contributed by atoms with Gasteiger partial charge in [0, 0.05) is 25.0 Å². The Bertz CT molecular complexity index is 1020. The molecule has 0 aromatic carbocycles. The molecule has 31 heavy (non-hydrogen) atoms. The van der Waals surface area contributed by atoms with Crippen LogP contribution in [0.15, 0.2) is 48.8 Å². The van der Waals surface area contributed by atoms with E-state index in [9.17, 15) is 4.79 Å². The number of carbonyl (C=O) groups excluding carboxylic acids is 1. The molecule has 3 aromatic rings. The standard InChI is InChI=1S/C25H31N5O/c31-25(27-19-10-3-1-2-4-11-19)23-21-13-6-8-17-30(21)24(28-23)22-14-9-16-29(22)18-20-12-5-7-15-26-20/h5-8,12-13,15,17,19,22H,1-4,9-11,14,16,18H2,(H,27,31)/t22-/m1/s1. The minimum absolute atomic E-state index is 0.0314. The van der Waals surface area contributed by atoms with E-state index in [2.05, 4.69) is 25.7 Å². The van der Waals surface area contributed by atoms with Crippen molar-refractivity contribution < 1.29 is 4.79 Å².